The number of carbonyl (C=O) groups is 2. The molecule has 7 heteroatoms. The van der Waals surface area contributed by atoms with Crippen LogP contribution in [-0.4, -0.2) is 37.9 Å². The lowest BCUT2D eigenvalue weighted by Gasteiger charge is -2.14. The second kappa shape index (κ2) is 8.62. The van der Waals surface area contributed by atoms with Crippen molar-refractivity contribution >= 4 is 39.5 Å². The largest absolute Gasteiger partial charge is 0.495 e. The van der Waals surface area contributed by atoms with Gasteiger partial charge in [0.25, 0.3) is 5.91 Å². The van der Waals surface area contributed by atoms with Crippen LogP contribution in [0.1, 0.15) is 15.9 Å². The van der Waals surface area contributed by atoms with E-state index in [-0.39, 0.29) is 11.5 Å². The first-order chi connectivity index (χ1) is 12.3. The SMILES string of the molecule is COc1ccc(C(=O)N(C)C)cc1NC(=O)C=Cc1cc(Br)ccc1F. The molecule has 1 N–H and O–H groups in total. The Bertz CT molecular complexity index is 866. The van der Waals surface area contributed by atoms with Crippen molar-refractivity contribution in [1.29, 1.82) is 0 Å². The number of halogens is 2. The van der Waals surface area contributed by atoms with Crippen molar-refractivity contribution in [3.8, 4) is 5.75 Å². The van der Waals surface area contributed by atoms with Gasteiger partial charge in [-0.15, -0.1) is 0 Å². The quantitative estimate of drug-likeness (QED) is 0.744. The van der Waals surface area contributed by atoms with Crippen LogP contribution in [0, 0.1) is 5.82 Å². The molecule has 5 nitrogen and oxygen atoms in total. The number of rotatable bonds is 5. The van der Waals surface area contributed by atoms with Crippen LogP contribution < -0.4 is 10.1 Å². The lowest BCUT2D eigenvalue weighted by molar-refractivity contribution is -0.111. The third kappa shape index (κ3) is 4.92. The Morgan fingerprint density at radius 2 is 1.92 bits per heavy atom. The maximum absolute atomic E-state index is 13.7. The summed E-state index contributed by atoms with van der Waals surface area (Å²) in [6.45, 7) is 0. The average Bonchev–Trinajstić information content (AvgIpc) is 2.61. The van der Waals surface area contributed by atoms with Crippen LogP contribution in [0.2, 0.25) is 0 Å². The first-order valence-corrected chi connectivity index (χ1v) is 8.45. The second-order valence-electron chi connectivity index (χ2n) is 5.60. The molecule has 2 aromatic carbocycles. The monoisotopic (exact) mass is 420 g/mol. The van der Waals surface area contributed by atoms with Crippen molar-refractivity contribution in [1.82, 2.24) is 4.90 Å². The fourth-order valence-corrected chi connectivity index (χ4v) is 2.56. The van der Waals surface area contributed by atoms with Crippen LogP contribution in [0.25, 0.3) is 6.08 Å². The van der Waals surface area contributed by atoms with Gasteiger partial charge in [0.05, 0.1) is 12.8 Å². The number of benzene rings is 2. The fraction of sp³-hybridized carbons (Fsp3) is 0.158. The smallest absolute Gasteiger partial charge is 0.253 e. The van der Waals surface area contributed by atoms with Crippen molar-refractivity contribution in [2.24, 2.45) is 0 Å². The van der Waals surface area contributed by atoms with Crippen LogP contribution in [0.15, 0.2) is 46.9 Å². The molecule has 0 heterocycles. The Hall–Kier alpha value is -2.67. The van der Waals surface area contributed by atoms with Gasteiger partial charge in [0.2, 0.25) is 5.91 Å². The van der Waals surface area contributed by atoms with E-state index in [4.69, 9.17) is 4.74 Å². The van der Waals surface area contributed by atoms with Crippen LogP contribution >= 0.6 is 15.9 Å². The van der Waals surface area contributed by atoms with E-state index < -0.39 is 11.7 Å². The number of ether oxygens (including phenoxy) is 1. The maximum atomic E-state index is 13.7. The van der Waals surface area contributed by atoms with Crippen molar-refractivity contribution in [2.75, 3.05) is 26.5 Å². The summed E-state index contributed by atoms with van der Waals surface area (Å²) in [5, 5.41) is 2.64. The molecular weight excluding hydrogens is 403 g/mol. The minimum absolute atomic E-state index is 0.199. The summed E-state index contributed by atoms with van der Waals surface area (Å²) in [5.74, 6) is -0.698. The van der Waals surface area contributed by atoms with Gasteiger partial charge in [-0.2, -0.15) is 0 Å². The number of hydrogen-bond donors (Lipinski definition) is 1. The lowest BCUT2D eigenvalue weighted by atomic mass is 10.1. The number of nitrogens with one attached hydrogen (secondary N) is 1. The third-order valence-electron chi connectivity index (χ3n) is 3.48. The third-order valence-corrected chi connectivity index (χ3v) is 3.98. The zero-order valence-corrected chi connectivity index (χ0v) is 16.1. The number of carbonyl (C=O) groups excluding carboxylic acids is 2. The van der Waals surface area contributed by atoms with E-state index >= 15 is 0 Å². The summed E-state index contributed by atoms with van der Waals surface area (Å²) in [7, 11) is 4.74. The number of amides is 2. The van der Waals surface area contributed by atoms with Crippen LogP contribution in [0.3, 0.4) is 0 Å². The molecule has 136 valence electrons. The molecule has 0 fully saturated rings. The van der Waals surface area contributed by atoms with E-state index in [0.29, 0.717) is 21.5 Å². The minimum atomic E-state index is -0.475. The Labute approximate surface area is 159 Å². The Kier molecular flexibility index (Phi) is 6.52. The Morgan fingerprint density at radius 3 is 2.58 bits per heavy atom. The molecule has 0 bridgehead atoms. The van der Waals surface area contributed by atoms with Crippen molar-refractivity contribution < 1.29 is 18.7 Å². The van der Waals surface area contributed by atoms with E-state index in [2.05, 4.69) is 21.2 Å². The molecule has 0 aliphatic heterocycles. The first kappa shape index (κ1) is 19.7. The molecule has 0 aromatic heterocycles. The van der Waals surface area contributed by atoms with Gasteiger partial charge in [-0.1, -0.05) is 15.9 Å². The molecule has 0 spiro atoms. The van der Waals surface area contributed by atoms with E-state index in [9.17, 15) is 14.0 Å². The molecule has 26 heavy (non-hydrogen) atoms. The van der Waals surface area contributed by atoms with Gasteiger partial charge in [-0.25, -0.2) is 4.39 Å². The molecule has 0 saturated heterocycles. The van der Waals surface area contributed by atoms with Crippen molar-refractivity contribution in [2.45, 2.75) is 0 Å². The molecule has 2 amide bonds. The number of anilines is 1. The van der Waals surface area contributed by atoms with Gasteiger partial charge >= 0.3 is 0 Å². The summed E-state index contributed by atoms with van der Waals surface area (Å²) in [4.78, 5) is 25.7. The van der Waals surface area contributed by atoms with Gasteiger partial charge in [-0.3, -0.25) is 9.59 Å². The Morgan fingerprint density at radius 1 is 1.19 bits per heavy atom. The molecule has 0 unspecified atom stereocenters. The van der Waals surface area contributed by atoms with Gasteiger partial charge in [0, 0.05) is 35.8 Å². The molecule has 2 rings (SSSR count). The van der Waals surface area contributed by atoms with E-state index in [1.165, 1.54) is 36.3 Å². The summed E-state index contributed by atoms with van der Waals surface area (Å²) >= 11 is 3.26. The predicted octanol–water partition coefficient (Wildman–Crippen LogP) is 3.95. The number of nitrogens with zero attached hydrogens (tertiary/aromatic N) is 1. The van der Waals surface area contributed by atoms with Crippen LogP contribution in [0.4, 0.5) is 10.1 Å². The molecule has 0 atom stereocenters. The first-order valence-electron chi connectivity index (χ1n) is 7.65. The summed E-state index contributed by atoms with van der Waals surface area (Å²) in [6, 6.07) is 9.20. The topological polar surface area (TPSA) is 58.6 Å². The van der Waals surface area contributed by atoms with Gasteiger partial charge in [0.15, 0.2) is 0 Å². The Balaban J connectivity index is 2.22. The van der Waals surface area contributed by atoms with Gasteiger partial charge < -0.3 is 15.0 Å². The standard InChI is InChI=1S/C19H18BrFN2O3/c1-23(2)19(25)13-4-8-17(26-3)16(11-13)22-18(24)9-5-12-10-14(20)6-7-15(12)21/h4-11H,1-3H3,(H,22,24). The number of methoxy groups -OCH3 is 1. The molecule has 2 aromatic rings. The van der Waals surface area contributed by atoms with Gasteiger partial charge in [-0.05, 0) is 42.5 Å². The zero-order chi connectivity index (χ0) is 19.3. The van der Waals surface area contributed by atoms with E-state index in [0.717, 1.165) is 0 Å². The van der Waals surface area contributed by atoms with E-state index in [1.54, 1.807) is 38.4 Å². The second-order valence-corrected chi connectivity index (χ2v) is 6.52. The highest BCUT2D eigenvalue weighted by Crippen LogP contribution is 2.26. The van der Waals surface area contributed by atoms with E-state index in [1.807, 2.05) is 0 Å². The normalized spacial score (nSPS) is 10.7. The minimum Gasteiger partial charge on any atom is -0.495 e. The van der Waals surface area contributed by atoms with Crippen LogP contribution in [0.5, 0.6) is 5.75 Å². The lowest BCUT2D eigenvalue weighted by Crippen LogP contribution is -2.22. The summed E-state index contributed by atoms with van der Waals surface area (Å²) in [5.41, 5.74) is 1.04. The fourth-order valence-electron chi connectivity index (χ4n) is 2.18. The van der Waals surface area contributed by atoms with Crippen LogP contribution in [-0.2, 0) is 4.79 Å². The van der Waals surface area contributed by atoms with Gasteiger partial charge in [0.1, 0.15) is 11.6 Å². The maximum Gasteiger partial charge on any atom is 0.253 e. The summed E-state index contributed by atoms with van der Waals surface area (Å²) in [6.07, 6.45) is 2.58. The molecule has 0 aliphatic rings. The molecular formula is C19H18BrFN2O3. The highest BCUT2D eigenvalue weighted by molar-refractivity contribution is 9.10. The predicted molar refractivity (Wildman–Crippen MR) is 103 cm³/mol. The highest BCUT2D eigenvalue weighted by atomic mass is 79.9. The molecule has 0 saturated carbocycles. The molecule has 0 aliphatic carbocycles. The average molecular weight is 421 g/mol. The van der Waals surface area contributed by atoms with Crippen molar-refractivity contribution in [3.63, 3.8) is 0 Å². The highest BCUT2D eigenvalue weighted by Gasteiger charge is 2.13. The summed E-state index contributed by atoms with van der Waals surface area (Å²) < 4.78 is 19.6. The zero-order valence-electron chi connectivity index (χ0n) is 14.5. The van der Waals surface area contributed by atoms with Crippen molar-refractivity contribution in [3.05, 3.63) is 63.9 Å². The number of hydrogen-bond acceptors (Lipinski definition) is 3. The molecule has 0 radical (unpaired) electrons.